The molecule has 0 aromatic heterocycles. The first-order valence-electron chi connectivity index (χ1n) is 11.1. The lowest BCUT2D eigenvalue weighted by atomic mass is 10.1. The van der Waals surface area contributed by atoms with Crippen molar-refractivity contribution in [2.24, 2.45) is 0 Å². The van der Waals surface area contributed by atoms with E-state index in [1.165, 1.54) is 0 Å². The van der Waals surface area contributed by atoms with E-state index in [0.29, 0.717) is 62.9 Å². The van der Waals surface area contributed by atoms with E-state index in [0.717, 1.165) is 11.3 Å². The van der Waals surface area contributed by atoms with Gasteiger partial charge in [0.1, 0.15) is 19.0 Å². The molecular weight excluding hydrogens is 424 g/mol. The average Bonchev–Trinajstić information content (AvgIpc) is 2.87. The zero-order valence-corrected chi connectivity index (χ0v) is 18.7. The quantitative estimate of drug-likeness (QED) is 0.600. The molecule has 2 amide bonds. The van der Waals surface area contributed by atoms with Crippen LogP contribution in [0.15, 0.2) is 42.5 Å². The topological polar surface area (TPSA) is 85.4 Å². The molecule has 0 aliphatic carbocycles. The van der Waals surface area contributed by atoms with Gasteiger partial charge >= 0.3 is 0 Å². The molecule has 0 atom stereocenters. The molecule has 0 unspecified atom stereocenters. The van der Waals surface area contributed by atoms with E-state index in [9.17, 15) is 14.4 Å². The van der Waals surface area contributed by atoms with Gasteiger partial charge in [0.2, 0.25) is 11.8 Å². The molecule has 0 radical (unpaired) electrons. The minimum atomic E-state index is -0.104. The van der Waals surface area contributed by atoms with E-state index in [1.807, 2.05) is 24.3 Å². The zero-order valence-electron chi connectivity index (χ0n) is 18.7. The van der Waals surface area contributed by atoms with Crippen molar-refractivity contribution in [2.75, 3.05) is 46.5 Å². The average molecular weight is 453 g/mol. The molecule has 1 fully saturated rings. The number of ketones is 1. The van der Waals surface area contributed by atoms with Gasteiger partial charge in [0.25, 0.3) is 0 Å². The summed E-state index contributed by atoms with van der Waals surface area (Å²) in [5.41, 5.74) is 1.41. The van der Waals surface area contributed by atoms with Crippen molar-refractivity contribution in [1.82, 2.24) is 9.80 Å². The molecule has 1 saturated heterocycles. The summed E-state index contributed by atoms with van der Waals surface area (Å²) in [4.78, 5) is 41.3. The molecule has 4 rings (SSSR count). The van der Waals surface area contributed by atoms with Crippen molar-refractivity contribution < 1.29 is 28.6 Å². The second-order valence-electron chi connectivity index (χ2n) is 8.07. The fourth-order valence-electron chi connectivity index (χ4n) is 4.01. The van der Waals surface area contributed by atoms with Crippen molar-refractivity contribution in [2.45, 2.75) is 19.3 Å². The number of rotatable bonds is 7. The highest BCUT2D eigenvalue weighted by Gasteiger charge is 2.25. The van der Waals surface area contributed by atoms with Gasteiger partial charge in [-0.15, -0.1) is 0 Å². The van der Waals surface area contributed by atoms with Gasteiger partial charge in [0, 0.05) is 44.6 Å². The first kappa shape index (κ1) is 22.6. The van der Waals surface area contributed by atoms with Crippen LogP contribution in [0.3, 0.4) is 0 Å². The van der Waals surface area contributed by atoms with Gasteiger partial charge in [-0.05, 0) is 35.9 Å². The predicted octanol–water partition coefficient (Wildman–Crippen LogP) is 2.34. The number of carbonyl (C=O) groups excluding carboxylic acids is 3. The Balaban J connectivity index is 1.23. The zero-order chi connectivity index (χ0) is 23.2. The van der Waals surface area contributed by atoms with Crippen molar-refractivity contribution in [3.8, 4) is 17.2 Å². The SMILES string of the molecule is COc1cccc(CC(=O)N2CCN(C(=O)CCC(=O)c3ccc4c(c3)OCCO4)CC2)c1. The fraction of sp³-hybridized carbons (Fsp3) is 0.400. The van der Waals surface area contributed by atoms with Gasteiger partial charge in [0.05, 0.1) is 13.5 Å². The molecular formula is C25H28N2O6. The number of hydrogen-bond acceptors (Lipinski definition) is 6. The molecule has 0 N–H and O–H groups in total. The number of fused-ring (bicyclic) bond motifs is 1. The lowest BCUT2D eigenvalue weighted by Crippen LogP contribution is -2.51. The van der Waals surface area contributed by atoms with E-state index in [-0.39, 0.29) is 30.4 Å². The van der Waals surface area contributed by atoms with Gasteiger partial charge in [-0.2, -0.15) is 0 Å². The molecule has 174 valence electrons. The first-order valence-corrected chi connectivity index (χ1v) is 11.1. The third-order valence-electron chi connectivity index (χ3n) is 5.90. The van der Waals surface area contributed by atoms with E-state index in [1.54, 1.807) is 35.1 Å². The Kier molecular flexibility index (Phi) is 7.12. The van der Waals surface area contributed by atoms with Gasteiger partial charge in [-0.1, -0.05) is 12.1 Å². The van der Waals surface area contributed by atoms with Crippen LogP contribution in [0.5, 0.6) is 17.2 Å². The predicted molar refractivity (Wildman–Crippen MR) is 121 cm³/mol. The fourth-order valence-corrected chi connectivity index (χ4v) is 4.01. The van der Waals surface area contributed by atoms with E-state index in [4.69, 9.17) is 14.2 Å². The number of benzene rings is 2. The summed E-state index contributed by atoms with van der Waals surface area (Å²) in [6.07, 6.45) is 0.577. The lowest BCUT2D eigenvalue weighted by molar-refractivity contribution is -0.139. The second kappa shape index (κ2) is 10.4. The molecule has 0 spiro atoms. The first-order chi connectivity index (χ1) is 16.0. The Morgan fingerprint density at radius 2 is 1.55 bits per heavy atom. The van der Waals surface area contributed by atoms with Crippen molar-refractivity contribution >= 4 is 17.6 Å². The summed E-state index contributed by atoms with van der Waals surface area (Å²) in [6.45, 7) is 2.88. The van der Waals surface area contributed by atoms with Crippen molar-refractivity contribution in [3.63, 3.8) is 0 Å². The van der Waals surface area contributed by atoms with Crippen LogP contribution < -0.4 is 14.2 Å². The van der Waals surface area contributed by atoms with Crippen LogP contribution in [0, 0.1) is 0 Å². The van der Waals surface area contributed by atoms with Crippen LogP contribution in [0.2, 0.25) is 0 Å². The van der Waals surface area contributed by atoms with E-state index in [2.05, 4.69) is 0 Å². The Bertz CT molecular complexity index is 1030. The van der Waals surface area contributed by atoms with Crippen molar-refractivity contribution in [1.29, 1.82) is 0 Å². The van der Waals surface area contributed by atoms with Crippen LogP contribution in [-0.2, 0) is 16.0 Å². The molecule has 2 aromatic carbocycles. The highest BCUT2D eigenvalue weighted by molar-refractivity contribution is 5.98. The molecule has 8 nitrogen and oxygen atoms in total. The number of methoxy groups -OCH3 is 1. The summed E-state index contributed by atoms with van der Waals surface area (Å²) in [7, 11) is 1.60. The van der Waals surface area contributed by atoms with E-state index < -0.39 is 0 Å². The lowest BCUT2D eigenvalue weighted by Gasteiger charge is -2.35. The third kappa shape index (κ3) is 5.63. The molecule has 2 aromatic rings. The van der Waals surface area contributed by atoms with Gasteiger partial charge in [-0.25, -0.2) is 0 Å². The Labute approximate surface area is 193 Å². The van der Waals surface area contributed by atoms with E-state index >= 15 is 0 Å². The summed E-state index contributed by atoms with van der Waals surface area (Å²) in [5.74, 6) is 1.78. The van der Waals surface area contributed by atoms with Gasteiger partial charge < -0.3 is 24.0 Å². The Hall–Kier alpha value is -3.55. The molecule has 2 aliphatic heterocycles. The molecule has 8 heteroatoms. The standard InChI is InChI=1S/C25H28N2O6/c1-31-20-4-2-3-18(15-20)16-25(30)27-11-9-26(10-12-27)24(29)8-6-21(28)19-5-7-22-23(17-19)33-14-13-32-22/h2-5,7,15,17H,6,8-14,16H2,1H3. The largest absolute Gasteiger partial charge is 0.497 e. The number of Topliss-reactive ketones (excluding diaryl/α,β-unsaturated/α-hetero) is 1. The minimum Gasteiger partial charge on any atom is -0.497 e. The number of carbonyl (C=O) groups is 3. The minimum absolute atomic E-state index is 0.0316. The number of nitrogens with zero attached hydrogens (tertiary/aromatic N) is 2. The van der Waals surface area contributed by atoms with Crippen molar-refractivity contribution in [3.05, 3.63) is 53.6 Å². The maximum absolute atomic E-state index is 12.6. The van der Waals surface area contributed by atoms with Gasteiger partial charge in [0.15, 0.2) is 17.3 Å². The smallest absolute Gasteiger partial charge is 0.227 e. The maximum atomic E-state index is 12.6. The van der Waals surface area contributed by atoms with Crippen LogP contribution in [0.4, 0.5) is 0 Å². The monoisotopic (exact) mass is 452 g/mol. The maximum Gasteiger partial charge on any atom is 0.227 e. The molecule has 0 saturated carbocycles. The van der Waals surface area contributed by atoms with Gasteiger partial charge in [-0.3, -0.25) is 14.4 Å². The Morgan fingerprint density at radius 1 is 0.848 bits per heavy atom. The van der Waals surface area contributed by atoms with Crippen LogP contribution >= 0.6 is 0 Å². The highest BCUT2D eigenvalue weighted by atomic mass is 16.6. The number of amides is 2. The second-order valence-corrected chi connectivity index (χ2v) is 8.07. The molecule has 33 heavy (non-hydrogen) atoms. The summed E-state index contributed by atoms with van der Waals surface area (Å²) >= 11 is 0. The number of ether oxygens (including phenoxy) is 3. The molecule has 2 heterocycles. The third-order valence-corrected chi connectivity index (χ3v) is 5.90. The summed E-state index contributed by atoms with van der Waals surface area (Å²) in [5, 5.41) is 0. The summed E-state index contributed by atoms with van der Waals surface area (Å²) < 4.78 is 16.2. The normalized spacial score (nSPS) is 15.2. The number of piperazine rings is 1. The van der Waals surface area contributed by atoms with Crippen LogP contribution in [0.25, 0.3) is 0 Å². The van der Waals surface area contributed by atoms with Crippen LogP contribution in [-0.4, -0.2) is 73.9 Å². The molecule has 2 aliphatic rings. The summed E-state index contributed by atoms with van der Waals surface area (Å²) in [6, 6.07) is 12.6. The Morgan fingerprint density at radius 3 is 2.27 bits per heavy atom. The number of hydrogen-bond donors (Lipinski definition) is 0. The molecule has 0 bridgehead atoms. The van der Waals surface area contributed by atoms with Crippen LogP contribution in [0.1, 0.15) is 28.8 Å². The highest BCUT2D eigenvalue weighted by Crippen LogP contribution is 2.31.